The number of hydrogen-bond acceptors (Lipinski definition) is 4. The minimum atomic E-state index is -0.365. The number of benzene rings is 2. The van der Waals surface area contributed by atoms with Gasteiger partial charge in [0.15, 0.2) is 0 Å². The van der Waals surface area contributed by atoms with Crippen molar-refractivity contribution < 1.29 is 14.3 Å². The monoisotopic (exact) mass is 340 g/mol. The number of aryl methyl sites for hydroxylation is 1. The molecule has 0 aliphatic heterocycles. The van der Waals surface area contributed by atoms with Gasteiger partial charge in [-0.05, 0) is 29.7 Å². The van der Waals surface area contributed by atoms with Crippen molar-refractivity contribution in [2.45, 2.75) is 19.9 Å². The van der Waals surface area contributed by atoms with E-state index in [1.54, 1.807) is 4.90 Å². The predicted octanol–water partition coefficient (Wildman–Crippen LogP) is 2.86. The average molecular weight is 340 g/mol. The van der Waals surface area contributed by atoms with Crippen LogP contribution in [-0.2, 0) is 27.3 Å². The van der Waals surface area contributed by atoms with Gasteiger partial charge in [-0.25, -0.2) is 0 Å². The number of methoxy groups -OCH3 is 1. The van der Waals surface area contributed by atoms with E-state index in [1.807, 2.05) is 54.6 Å². The first-order chi connectivity index (χ1) is 12.1. The largest absolute Gasteiger partial charge is 0.468 e. The third kappa shape index (κ3) is 6.39. The molecule has 5 nitrogen and oxygen atoms in total. The summed E-state index contributed by atoms with van der Waals surface area (Å²) in [6, 6.07) is 17.5. The van der Waals surface area contributed by atoms with Crippen LogP contribution in [0.1, 0.15) is 18.1 Å². The van der Waals surface area contributed by atoms with Crippen LogP contribution in [0.5, 0.6) is 0 Å². The Kier molecular flexibility index (Phi) is 7.16. The van der Waals surface area contributed by atoms with Gasteiger partial charge in [0.05, 0.1) is 20.2 Å². The smallest absolute Gasteiger partial charge is 0.319 e. The number of nitrogens with one attached hydrogen (secondary N) is 1. The summed E-state index contributed by atoms with van der Waals surface area (Å²) in [5, 5.41) is 2.87. The second-order valence-electron chi connectivity index (χ2n) is 5.81. The van der Waals surface area contributed by atoms with E-state index in [1.165, 1.54) is 12.7 Å². The fourth-order valence-corrected chi connectivity index (χ4v) is 2.48. The Morgan fingerprint density at radius 3 is 2.24 bits per heavy atom. The van der Waals surface area contributed by atoms with Crippen LogP contribution >= 0.6 is 0 Å². The zero-order valence-corrected chi connectivity index (χ0v) is 14.7. The molecule has 0 fully saturated rings. The van der Waals surface area contributed by atoms with Crippen molar-refractivity contribution in [1.29, 1.82) is 0 Å². The van der Waals surface area contributed by atoms with Crippen molar-refractivity contribution >= 4 is 17.6 Å². The predicted molar refractivity (Wildman–Crippen MR) is 98.2 cm³/mol. The zero-order chi connectivity index (χ0) is 18.1. The average Bonchev–Trinajstić information content (AvgIpc) is 2.63. The molecule has 1 N–H and O–H groups in total. The molecule has 0 bridgehead atoms. The van der Waals surface area contributed by atoms with Gasteiger partial charge in [0.25, 0.3) is 0 Å². The van der Waals surface area contributed by atoms with Crippen LogP contribution in [0.2, 0.25) is 0 Å². The maximum absolute atomic E-state index is 12.3. The molecule has 0 spiro atoms. The van der Waals surface area contributed by atoms with Crippen molar-refractivity contribution in [2.24, 2.45) is 0 Å². The Balaban J connectivity index is 1.98. The van der Waals surface area contributed by atoms with Crippen LogP contribution in [0.3, 0.4) is 0 Å². The number of esters is 1. The minimum absolute atomic E-state index is 0.0631. The van der Waals surface area contributed by atoms with E-state index >= 15 is 0 Å². The molecular formula is C20H24N2O3. The standard InChI is InChI=1S/C20H24N2O3/c1-3-16-9-11-18(12-10-16)21-19(23)14-22(15-20(24)25-2)13-17-7-5-4-6-8-17/h4-12H,3,13-15H2,1-2H3,(H,21,23). The Labute approximate surface area is 148 Å². The molecular weight excluding hydrogens is 316 g/mol. The molecule has 0 heterocycles. The van der Waals surface area contributed by atoms with E-state index in [2.05, 4.69) is 12.2 Å². The minimum Gasteiger partial charge on any atom is -0.468 e. The number of ether oxygens (including phenoxy) is 1. The molecule has 0 atom stereocenters. The molecule has 5 heteroatoms. The number of amides is 1. The third-order valence-electron chi connectivity index (χ3n) is 3.84. The van der Waals surface area contributed by atoms with Gasteiger partial charge in [0.2, 0.25) is 5.91 Å². The van der Waals surface area contributed by atoms with Crippen LogP contribution < -0.4 is 5.32 Å². The topological polar surface area (TPSA) is 58.6 Å². The van der Waals surface area contributed by atoms with Crippen molar-refractivity contribution in [3.63, 3.8) is 0 Å². The second kappa shape index (κ2) is 9.59. The lowest BCUT2D eigenvalue weighted by molar-refractivity contribution is -0.142. The summed E-state index contributed by atoms with van der Waals surface area (Å²) >= 11 is 0. The highest BCUT2D eigenvalue weighted by molar-refractivity contribution is 5.92. The van der Waals surface area contributed by atoms with Crippen molar-refractivity contribution in [2.75, 3.05) is 25.5 Å². The lowest BCUT2D eigenvalue weighted by atomic mass is 10.1. The van der Waals surface area contributed by atoms with Crippen molar-refractivity contribution in [3.05, 3.63) is 65.7 Å². The molecule has 0 unspecified atom stereocenters. The highest BCUT2D eigenvalue weighted by Gasteiger charge is 2.15. The molecule has 0 aliphatic carbocycles. The van der Waals surface area contributed by atoms with E-state index in [4.69, 9.17) is 4.74 Å². The molecule has 0 aromatic heterocycles. The summed E-state index contributed by atoms with van der Waals surface area (Å²) in [5.41, 5.74) is 3.00. The summed E-state index contributed by atoms with van der Waals surface area (Å²) in [6.45, 7) is 2.76. The van der Waals surface area contributed by atoms with Gasteiger partial charge >= 0.3 is 5.97 Å². The number of nitrogens with zero attached hydrogens (tertiary/aromatic N) is 1. The Hall–Kier alpha value is -2.66. The number of hydrogen-bond donors (Lipinski definition) is 1. The molecule has 2 aromatic rings. The summed E-state index contributed by atoms with van der Waals surface area (Å²) in [4.78, 5) is 25.7. The molecule has 0 aliphatic rings. The molecule has 0 saturated carbocycles. The van der Waals surface area contributed by atoms with E-state index in [0.717, 1.165) is 17.7 Å². The number of carbonyl (C=O) groups is 2. The van der Waals surface area contributed by atoms with Crippen LogP contribution in [-0.4, -0.2) is 37.0 Å². The summed E-state index contributed by atoms with van der Waals surface area (Å²) in [7, 11) is 1.35. The third-order valence-corrected chi connectivity index (χ3v) is 3.84. The van der Waals surface area contributed by atoms with Gasteiger partial charge in [0, 0.05) is 12.2 Å². The fraction of sp³-hybridized carbons (Fsp3) is 0.300. The number of carbonyl (C=O) groups excluding carboxylic acids is 2. The molecule has 2 aromatic carbocycles. The molecule has 25 heavy (non-hydrogen) atoms. The lowest BCUT2D eigenvalue weighted by Crippen LogP contribution is -2.36. The highest BCUT2D eigenvalue weighted by Crippen LogP contribution is 2.10. The van der Waals surface area contributed by atoms with Gasteiger partial charge < -0.3 is 10.1 Å². The molecule has 0 radical (unpaired) electrons. The summed E-state index contributed by atoms with van der Waals surface area (Å²) in [5.74, 6) is -0.528. The van der Waals surface area contributed by atoms with Crippen LogP contribution in [0.25, 0.3) is 0 Å². The molecule has 0 saturated heterocycles. The Morgan fingerprint density at radius 2 is 1.64 bits per heavy atom. The first kappa shape index (κ1) is 18.7. The lowest BCUT2D eigenvalue weighted by Gasteiger charge is -2.20. The first-order valence-electron chi connectivity index (χ1n) is 8.32. The van der Waals surface area contributed by atoms with Crippen molar-refractivity contribution in [1.82, 2.24) is 4.90 Å². The summed E-state index contributed by atoms with van der Waals surface area (Å²) < 4.78 is 4.73. The second-order valence-corrected chi connectivity index (χ2v) is 5.81. The highest BCUT2D eigenvalue weighted by atomic mass is 16.5. The van der Waals surface area contributed by atoms with E-state index < -0.39 is 0 Å². The van der Waals surface area contributed by atoms with E-state index in [0.29, 0.717) is 6.54 Å². The summed E-state index contributed by atoms with van der Waals surface area (Å²) in [6.07, 6.45) is 0.957. The van der Waals surface area contributed by atoms with Gasteiger partial charge in [0.1, 0.15) is 0 Å². The van der Waals surface area contributed by atoms with E-state index in [-0.39, 0.29) is 25.0 Å². The molecule has 2 rings (SSSR count). The Bertz CT molecular complexity index is 684. The van der Waals surface area contributed by atoms with Crippen LogP contribution in [0.15, 0.2) is 54.6 Å². The maximum Gasteiger partial charge on any atom is 0.319 e. The van der Waals surface area contributed by atoms with Gasteiger partial charge in [-0.2, -0.15) is 0 Å². The quantitative estimate of drug-likeness (QED) is 0.751. The fourth-order valence-electron chi connectivity index (χ4n) is 2.48. The SMILES string of the molecule is CCc1ccc(NC(=O)CN(CC(=O)OC)Cc2ccccc2)cc1. The first-order valence-corrected chi connectivity index (χ1v) is 8.32. The van der Waals surface area contributed by atoms with Gasteiger partial charge in [-0.1, -0.05) is 49.4 Å². The number of anilines is 1. The molecule has 132 valence electrons. The zero-order valence-electron chi connectivity index (χ0n) is 14.7. The van der Waals surface area contributed by atoms with Gasteiger partial charge in [-0.15, -0.1) is 0 Å². The van der Waals surface area contributed by atoms with Crippen molar-refractivity contribution in [3.8, 4) is 0 Å². The Morgan fingerprint density at radius 1 is 0.960 bits per heavy atom. The normalized spacial score (nSPS) is 10.5. The van der Waals surface area contributed by atoms with Crippen LogP contribution in [0, 0.1) is 0 Å². The number of rotatable bonds is 8. The van der Waals surface area contributed by atoms with Crippen LogP contribution in [0.4, 0.5) is 5.69 Å². The van der Waals surface area contributed by atoms with E-state index in [9.17, 15) is 9.59 Å². The maximum atomic E-state index is 12.3. The molecule has 1 amide bonds. The van der Waals surface area contributed by atoms with Gasteiger partial charge in [-0.3, -0.25) is 14.5 Å².